The number of rotatable bonds is 6. The van der Waals surface area contributed by atoms with Gasteiger partial charge in [-0.15, -0.1) is 0 Å². The summed E-state index contributed by atoms with van der Waals surface area (Å²) in [7, 11) is 2.61. The summed E-state index contributed by atoms with van der Waals surface area (Å²) in [5, 5.41) is 9.89. The lowest BCUT2D eigenvalue weighted by Gasteiger charge is -2.28. The summed E-state index contributed by atoms with van der Waals surface area (Å²) in [6, 6.07) is 7.47. The van der Waals surface area contributed by atoms with Crippen molar-refractivity contribution >= 4 is 34.7 Å². The molecule has 1 aliphatic heterocycles. The lowest BCUT2D eigenvalue weighted by molar-refractivity contribution is -0.123. The molecular formula is C26H41BrN2O6. The number of aldehydes is 1. The molecule has 1 heterocycles. The summed E-state index contributed by atoms with van der Waals surface area (Å²) < 4.78 is 11.9. The van der Waals surface area contributed by atoms with Crippen molar-refractivity contribution in [2.24, 2.45) is 5.41 Å². The summed E-state index contributed by atoms with van der Waals surface area (Å²) in [6.07, 6.45) is 6.32. The van der Waals surface area contributed by atoms with Crippen molar-refractivity contribution < 1.29 is 29.0 Å². The molecule has 1 saturated heterocycles. The minimum atomic E-state index is -0.590. The number of carbonyl (C=O) groups is 3. The van der Waals surface area contributed by atoms with Crippen molar-refractivity contribution in [3.05, 3.63) is 34.3 Å². The molecule has 9 heteroatoms. The van der Waals surface area contributed by atoms with Crippen LogP contribution in [0.5, 0.6) is 0 Å². The van der Waals surface area contributed by atoms with Crippen LogP contribution >= 0.6 is 15.9 Å². The first-order valence-corrected chi connectivity index (χ1v) is 12.7. The van der Waals surface area contributed by atoms with E-state index in [4.69, 9.17) is 14.6 Å². The summed E-state index contributed by atoms with van der Waals surface area (Å²) >= 11 is 3.38. The molecular weight excluding hydrogens is 516 g/mol. The molecule has 198 valence electrons. The standard InChI is InChI=1S/C13H14BrNO3.C12H23NO2.CH4O/c1-18-13(10-2-4-11(14)5-3-10)6-12(7-16)15(8-13)9-17;1-9(12(2,3)4)13-11(14)15-10-7-5-6-8-10;1-2/h2-5,7,9,12H,6,8H2,1H3;9-10H,5-8H2,1-4H3,(H,13,14);2H,1H3/t12?,13-;;/m0../s1. The summed E-state index contributed by atoms with van der Waals surface area (Å²) in [6.45, 7) is 8.72. The van der Waals surface area contributed by atoms with Crippen molar-refractivity contribution in [3.63, 3.8) is 0 Å². The lowest BCUT2D eigenvalue weighted by Crippen LogP contribution is -2.42. The Balaban J connectivity index is 0.000000332. The largest absolute Gasteiger partial charge is 0.446 e. The zero-order valence-corrected chi connectivity index (χ0v) is 23.3. The van der Waals surface area contributed by atoms with E-state index in [9.17, 15) is 14.4 Å². The number of halogens is 1. The number of methoxy groups -OCH3 is 1. The summed E-state index contributed by atoms with van der Waals surface area (Å²) in [5.41, 5.74) is 0.464. The molecule has 2 amide bonds. The summed E-state index contributed by atoms with van der Waals surface area (Å²) in [4.78, 5) is 35.0. The van der Waals surface area contributed by atoms with E-state index in [1.807, 2.05) is 31.2 Å². The third kappa shape index (κ3) is 9.20. The van der Waals surface area contributed by atoms with Gasteiger partial charge in [0, 0.05) is 31.2 Å². The second kappa shape index (κ2) is 14.6. The lowest BCUT2D eigenvalue weighted by atomic mass is 9.88. The molecule has 35 heavy (non-hydrogen) atoms. The minimum Gasteiger partial charge on any atom is -0.446 e. The van der Waals surface area contributed by atoms with Crippen LogP contribution in [0.2, 0.25) is 0 Å². The molecule has 2 aliphatic rings. The van der Waals surface area contributed by atoms with Crippen LogP contribution in [-0.4, -0.2) is 67.7 Å². The van der Waals surface area contributed by atoms with Crippen LogP contribution in [0.1, 0.15) is 65.4 Å². The molecule has 2 N–H and O–H groups in total. The van der Waals surface area contributed by atoms with E-state index in [0.29, 0.717) is 19.4 Å². The molecule has 3 rings (SSSR count). The van der Waals surface area contributed by atoms with Crippen molar-refractivity contribution in [3.8, 4) is 0 Å². The summed E-state index contributed by atoms with van der Waals surface area (Å²) in [5.74, 6) is 0. The van der Waals surface area contributed by atoms with Crippen LogP contribution in [0, 0.1) is 5.41 Å². The molecule has 2 unspecified atom stereocenters. The highest BCUT2D eigenvalue weighted by Crippen LogP contribution is 2.38. The topological polar surface area (TPSA) is 105 Å². The molecule has 0 aromatic heterocycles. The molecule has 0 bridgehead atoms. The third-order valence-electron chi connectivity index (χ3n) is 6.67. The molecule has 3 atom stereocenters. The Hall–Kier alpha value is -1.97. The van der Waals surface area contributed by atoms with E-state index in [0.717, 1.165) is 36.3 Å². The predicted octanol–water partition coefficient (Wildman–Crippen LogP) is 4.42. The van der Waals surface area contributed by atoms with E-state index in [2.05, 4.69) is 42.0 Å². The Bertz CT molecular complexity index is 774. The number of aliphatic hydroxyl groups excluding tert-OH is 1. The SMILES string of the molecule is CC(NC(=O)OC1CCCC1)C(C)(C)C.CO.CO[C@@]1(c2ccc(Br)cc2)CC(C=O)N(C=O)C1. The smallest absolute Gasteiger partial charge is 0.407 e. The van der Waals surface area contributed by atoms with Gasteiger partial charge in [-0.25, -0.2) is 4.79 Å². The van der Waals surface area contributed by atoms with Crippen LogP contribution in [0.15, 0.2) is 28.7 Å². The van der Waals surface area contributed by atoms with E-state index in [1.165, 1.54) is 17.7 Å². The average Bonchev–Trinajstić information content (AvgIpc) is 3.48. The van der Waals surface area contributed by atoms with Crippen LogP contribution in [0.4, 0.5) is 4.79 Å². The quantitative estimate of drug-likeness (QED) is 0.502. The Morgan fingerprint density at radius 3 is 2.20 bits per heavy atom. The van der Waals surface area contributed by atoms with E-state index in [-0.39, 0.29) is 23.7 Å². The number of ether oxygens (including phenoxy) is 2. The third-order valence-corrected chi connectivity index (χ3v) is 7.19. The number of carbonyl (C=O) groups excluding carboxylic acids is 3. The Labute approximate surface area is 217 Å². The fourth-order valence-corrected chi connectivity index (χ4v) is 4.25. The maximum absolute atomic E-state index is 11.5. The Morgan fingerprint density at radius 1 is 1.20 bits per heavy atom. The second-order valence-electron chi connectivity index (χ2n) is 9.93. The van der Waals surface area contributed by atoms with Gasteiger partial charge in [-0.05, 0) is 55.7 Å². The van der Waals surface area contributed by atoms with Gasteiger partial charge in [0.2, 0.25) is 6.41 Å². The van der Waals surface area contributed by atoms with Gasteiger partial charge in [0.15, 0.2) is 0 Å². The van der Waals surface area contributed by atoms with Gasteiger partial charge < -0.3 is 29.6 Å². The van der Waals surface area contributed by atoms with Crippen LogP contribution < -0.4 is 5.32 Å². The monoisotopic (exact) mass is 556 g/mol. The van der Waals surface area contributed by atoms with Crippen LogP contribution in [0.25, 0.3) is 0 Å². The van der Waals surface area contributed by atoms with Gasteiger partial charge >= 0.3 is 6.09 Å². The number of nitrogens with one attached hydrogen (secondary N) is 1. The van der Waals surface area contributed by atoms with Crippen molar-refractivity contribution in [2.75, 3.05) is 20.8 Å². The van der Waals surface area contributed by atoms with Crippen molar-refractivity contribution in [1.29, 1.82) is 0 Å². The molecule has 1 saturated carbocycles. The zero-order chi connectivity index (χ0) is 26.6. The van der Waals surface area contributed by atoms with E-state index in [1.54, 1.807) is 7.11 Å². The molecule has 0 radical (unpaired) electrons. The minimum absolute atomic E-state index is 0.0781. The first-order valence-electron chi connectivity index (χ1n) is 11.9. The number of amides is 2. The van der Waals surface area contributed by atoms with Crippen molar-refractivity contribution in [1.82, 2.24) is 10.2 Å². The Kier molecular flexibility index (Phi) is 12.9. The zero-order valence-electron chi connectivity index (χ0n) is 21.8. The number of nitrogens with zero attached hydrogens (tertiary/aromatic N) is 1. The first-order chi connectivity index (χ1) is 16.5. The highest BCUT2D eigenvalue weighted by atomic mass is 79.9. The Morgan fingerprint density at radius 2 is 1.77 bits per heavy atom. The van der Waals surface area contributed by atoms with E-state index < -0.39 is 11.6 Å². The van der Waals surface area contributed by atoms with Gasteiger partial charge in [-0.1, -0.05) is 48.8 Å². The number of benzene rings is 1. The number of hydrogen-bond acceptors (Lipinski definition) is 6. The average molecular weight is 558 g/mol. The van der Waals surface area contributed by atoms with Gasteiger partial charge in [0.25, 0.3) is 0 Å². The van der Waals surface area contributed by atoms with Crippen LogP contribution in [0.3, 0.4) is 0 Å². The molecule has 8 nitrogen and oxygen atoms in total. The van der Waals surface area contributed by atoms with Gasteiger partial charge in [0.1, 0.15) is 18.0 Å². The number of aliphatic hydroxyl groups is 1. The highest BCUT2D eigenvalue weighted by molar-refractivity contribution is 9.10. The van der Waals surface area contributed by atoms with Gasteiger partial charge in [-0.3, -0.25) is 4.79 Å². The molecule has 2 fully saturated rings. The van der Waals surface area contributed by atoms with Crippen LogP contribution in [-0.2, 0) is 24.7 Å². The fraction of sp³-hybridized carbons (Fsp3) is 0.654. The predicted molar refractivity (Wildman–Crippen MR) is 139 cm³/mol. The number of likely N-dealkylation sites (tertiary alicyclic amines) is 1. The van der Waals surface area contributed by atoms with Crippen molar-refractivity contribution in [2.45, 2.75) is 83.6 Å². The normalized spacial score (nSPS) is 22.7. The molecule has 1 aromatic rings. The molecule has 1 aromatic carbocycles. The number of hydrogen-bond donors (Lipinski definition) is 2. The number of alkyl carbamates (subject to hydrolysis) is 1. The molecule has 1 aliphatic carbocycles. The fourth-order valence-electron chi connectivity index (χ4n) is 3.99. The van der Waals surface area contributed by atoms with E-state index >= 15 is 0 Å². The second-order valence-corrected chi connectivity index (χ2v) is 10.9. The van der Waals surface area contributed by atoms with Gasteiger partial charge in [0.05, 0.1) is 12.6 Å². The maximum atomic E-state index is 11.5. The molecule has 0 spiro atoms. The highest BCUT2D eigenvalue weighted by Gasteiger charge is 2.45. The maximum Gasteiger partial charge on any atom is 0.407 e. The first kappa shape index (κ1) is 31.1. The van der Waals surface area contributed by atoms with Gasteiger partial charge in [-0.2, -0.15) is 0 Å².